The molecule has 0 aromatic heterocycles. The van der Waals surface area contributed by atoms with Gasteiger partial charge in [-0.15, -0.1) is 0 Å². The molecule has 1 aliphatic rings. The van der Waals surface area contributed by atoms with Crippen molar-refractivity contribution in [3.8, 4) is 11.8 Å². The summed E-state index contributed by atoms with van der Waals surface area (Å²) in [7, 11) is -5.81. The highest BCUT2D eigenvalue weighted by molar-refractivity contribution is 7.88. The Labute approximate surface area is 192 Å². The molecule has 0 unspecified atom stereocenters. The van der Waals surface area contributed by atoms with Gasteiger partial charge in [-0.3, -0.25) is 0 Å². The van der Waals surface area contributed by atoms with E-state index in [-0.39, 0.29) is 12.0 Å². The Hall–Kier alpha value is -2.73. The van der Waals surface area contributed by atoms with Gasteiger partial charge in [0.1, 0.15) is 36.3 Å². The predicted octanol–water partition coefficient (Wildman–Crippen LogP) is 0.892. The molecule has 1 saturated heterocycles. The number of ether oxygens (including phenoxy) is 1. The molecule has 3 rings (SSSR count). The van der Waals surface area contributed by atoms with Crippen LogP contribution in [0.2, 0.25) is 0 Å². The van der Waals surface area contributed by atoms with Gasteiger partial charge in [0.2, 0.25) is 0 Å². The molecule has 0 radical (unpaired) electrons. The van der Waals surface area contributed by atoms with Crippen LogP contribution in [0.25, 0.3) is 0 Å². The smallest absolute Gasteiger partial charge is 0.394 e. The molecule has 1 aliphatic heterocycles. The van der Waals surface area contributed by atoms with E-state index in [9.17, 15) is 47.3 Å². The standard InChI is InChI=1S/C21H20F3NO8S/c22-21(23,24)34(30,31)33-15-5-1-11(2-6-15)7-14-8-12(3-4-13(14)9-25)20-19(29)18(28)17(27)16(10-26)32-20/h1-6,8,16-20,26-29H,7,10H2/t16-,17-,18+,19-,20+/m1/s1. The molecule has 5 atom stereocenters. The number of hydrogen-bond donors (Lipinski definition) is 4. The van der Waals surface area contributed by atoms with Crippen LogP contribution in [0.15, 0.2) is 42.5 Å². The second-order valence-corrected chi connectivity index (χ2v) is 9.12. The first-order chi connectivity index (χ1) is 15.9. The van der Waals surface area contributed by atoms with Crippen molar-refractivity contribution in [2.45, 2.75) is 42.4 Å². The van der Waals surface area contributed by atoms with Gasteiger partial charge in [-0.1, -0.05) is 24.3 Å². The summed E-state index contributed by atoms with van der Waals surface area (Å²) in [5.74, 6) is -0.545. The number of alkyl halides is 3. The number of hydrogen-bond acceptors (Lipinski definition) is 9. The van der Waals surface area contributed by atoms with Gasteiger partial charge in [0, 0.05) is 0 Å². The van der Waals surface area contributed by atoms with E-state index in [1.807, 2.05) is 6.07 Å². The van der Waals surface area contributed by atoms with Gasteiger partial charge in [0.05, 0.1) is 18.2 Å². The monoisotopic (exact) mass is 503 g/mol. The molecule has 13 heteroatoms. The van der Waals surface area contributed by atoms with E-state index in [0.717, 1.165) is 12.1 Å². The van der Waals surface area contributed by atoms with Crippen molar-refractivity contribution >= 4 is 10.1 Å². The molecule has 1 heterocycles. The van der Waals surface area contributed by atoms with E-state index in [0.29, 0.717) is 16.7 Å². The van der Waals surface area contributed by atoms with Crippen LogP contribution in [0.4, 0.5) is 13.2 Å². The zero-order valence-corrected chi connectivity index (χ0v) is 18.1. The van der Waals surface area contributed by atoms with Crippen LogP contribution in [0.1, 0.15) is 28.4 Å². The quantitative estimate of drug-likeness (QED) is 0.332. The van der Waals surface area contributed by atoms with Crippen molar-refractivity contribution in [1.82, 2.24) is 0 Å². The van der Waals surface area contributed by atoms with Gasteiger partial charge in [-0.05, 0) is 41.3 Å². The number of nitriles is 1. The average molecular weight is 503 g/mol. The highest BCUT2D eigenvalue weighted by Gasteiger charge is 2.48. The third-order valence-electron chi connectivity index (χ3n) is 5.28. The van der Waals surface area contributed by atoms with E-state index < -0.39 is 58.5 Å². The highest BCUT2D eigenvalue weighted by atomic mass is 32.2. The average Bonchev–Trinajstić information content (AvgIpc) is 2.78. The van der Waals surface area contributed by atoms with Crippen LogP contribution in [0, 0.1) is 11.3 Å². The molecular weight excluding hydrogens is 483 g/mol. The molecule has 2 aromatic rings. The van der Waals surface area contributed by atoms with Crippen LogP contribution in [0.3, 0.4) is 0 Å². The second-order valence-electron chi connectivity index (χ2n) is 7.58. The van der Waals surface area contributed by atoms with Crippen molar-refractivity contribution in [3.63, 3.8) is 0 Å². The fourth-order valence-electron chi connectivity index (χ4n) is 3.48. The molecular formula is C21H20F3NO8S. The Morgan fingerprint density at radius 3 is 2.24 bits per heavy atom. The predicted molar refractivity (Wildman–Crippen MR) is 109 cm³/mol. The molecule has 184 valence electrons. The summed E-state index contributed by atoms with van der Waals surface area (Å²) in [5, 5.41) is 49.1. The molecule has 4 N–H and O–H groups in total. The fraction of sp³-hybridized carbons (Fsp3) is 0.381. The first-order valence-corrected chi connectivity index (χ1v) is 11.2. The van der Waals surface area contributed by atoms with Gasteiger partial charge in [0.25, 0.3) is 0 Å². The lowest BCUT2D eigenvalue weighted by molar-refractivity contribution is -0.231. The van der Waals surface area contributed by atoms with Gasteiger partial charge in [-0.25, -0.2) is 0 Å². The molecule has 0 saturated carbocycles. The number of halogens is 3. The largest absolute Gasteiger partial charge is 0.534 e. The van der Waals surface area contributed by atoms with Crippen LogP contribution >= 0.6 is 0 Å². The molecule has 9 nitrogen and oxygen atoms in total. The minimum Gasteiger partial charge on any atom is -0.394 e. The van der Waals surface area contributed by atoms with Crippen molar-refractivity contribution in [2.24, 2.45) is 0 Å². The lowest BCUT2D eigenvalue weighted by atomic mass is 9.89. The summed E-state index contributed by atoms with van der Waals surface area (Å²) in [4.78, 5) is 0. The lowest BCUT2D eigenvalue weighted by Gasteiger charge is -2.40. The highest BCUT2D eigenvalue weighted by Crippen LogP contribution is 2.34. The molecule has 0 amide bonds. The minimum atomic E-state index is -5.81. The normalized spacial score (nSPS) is 25.5. The zero-order valence-electron chi connectivity index (χ0n) is 17.3. The maximum Gasteiger partial charge on any atom is 0.534 e. The lowest BCUT2D eigenvalue weighted by Crippen LogP contribution is -2.55. The topological polar surface area (TPSA) is 157 Å². The fourth-order valence-corrected chi connectivity index (χ4v) is 3.94. The first-order valence-electron chi connectivity index (χ1n) is 9.81. The summed E-state index contributed by atoms with van der Waals surface area (Å²) in [6, 6.07) is 11.1. The number of aliphatic hydroxyl groups excluding tert-OH is 4. The van der Waals surface area contributed by atoms with Gasteiger partial charge >= 0.3 is 15.6 Å². The molecule has 0 bridgehead atoms. The minimum absolute atomic E-state index is 0.0977. The molecule has 34 heavy (non-hydrogen) atoms. The van der Waals surface area contributed by atoms with Crippen LogP contribution in [0.5, 0.6) is 5.75 Å². The number of nitrogens with zero attached hydrogens (tertiary/aromatic N) is 1. The molecule has 0 aliphatic carbocycles. The van der Waals surface area contributed by atoms with E-state index in [1.165, 1.54) is 30.3 Å². The zero-order chi connectivity index (χ0) is 25.3. The maximum absolute atomic E-state index is 12.5. The van der Waals surface area contributed by atoms with E-state index in [2.05, 4.69) is 4.18 Å². The number of benzene rings is 2. The Morgan fingerprint density at radius 1 is 1.03 bits per heavy atom. The summed E-state index contributed by atoms with van der Waals surface area (Å²) in [6.07, 6.45) is -6.79. The van der Waals surface area contributed by atoms with Crippen molar-refractivity contribution < 1.29 is 50.9 Å². The Balaban J connectivity index is 1.84. The number of aliphatic hydroxyl groups is 4. The third kappa shape index (κ3) is 5.33. The molecule has 1 fully saturated rings. The number of rotatable bonds is 6. The summed E-state index contributed by atoms with van der Waals surface area (Å²) in [5.41, 5.74) is -4.04. The molecule has 2 aromatic carbocycles. The van der Waals surface area contributed by atoms with E-state index >= 15 is 0 Å². The Kier molecular flexibility index (Phi) is 7.51. The van der Waals surface area contributed by atoms with Crippen LogP contribution in [-0.2, 0) is 21.3 Å². The first kappa shape index (κ1) is 25.9. The summed E-state index contributed by atoms with van der Waals surface area (Å²) in [6.45, 7) is -0.608. The van der Waals surface area contributed by atoms with E-state index in [4.69, 9.17) is 4.74 Å². The third-order valence-corrected chi connectivity index (χ3v) is 6.26. The summed E-state index contributed by atoms with van der Waals surface area (Å²) < 4.78 is 69.2. The van der Waals surface area contributed by atoms with Crippen LogP contribution in [-0.4, -0.2) is 65.4 Å². The Bertz CT molecular complexity index is 1160. The van der Waals surface area contributed by atoms with Gasteiger partial charge in [0.15, 0.2) is 0 Å². The van der Waals surface area contributed by atoms with E-state index in [1.54, 1.807) is 0 Å². The second kappa shape index (κ2) is 9.87. The van der Waals surface area contributed by atoms with Gasteiger partial charge < -0.3 is 29.3 Å². The van der Waals surface area contributed by atoms with Gasteiger partial charge in [-0.2, -0.15) is 26.9 Å². The maximum atomic E-state index is 12.5. The molecule has 0 spiro atoms. The van der Waals surface area contributed by atoms with Crippen molar-refractivity contribution in [3.05, 3.63) is 64.7 Å². The van der Waals surface area contributed by atoms with Crippen LogP contribution < -0.4 is 4.18 Å². The van der Waals surface area contributed by atoms with Crippen molar-refractivity contribution in [2.75, 3.05) is 6.61 Å². The SMILES string of the molecule is N#Cc1ccc([C@@H]2O[C@H](CO)[C@@H](O)[C@H](O)[C@H]2O)cc1Cc1ccc(OS(=O)(=O)C(F)(F)F)cc1. The summed E-state index contributed by atoms with van der Waals surface area (Å²) >= 11 is 0. The van der Waals surface area contributed by atoms with Crippen molar-refractivity contribution in [1.29, 1.82) is 5.26 Å². The Morgan fingerprint density at radius 2 is 1.68 bits per heavy atom.